The van der Waals surface area contributed by atoms with Gasteiger partial charge in [0.15, 0.2) is 0 Å². The van der Waals surface area contributed by atoms with Crippen molar-refractivity contribution in [2.45, 2.75) is 0 Å². The molecule has 0 aliphatic carbocycles. The van der Waals surface area contributed by atoms with Crippen LogP contribution in [0.2, 0.25) is 10.0 Å². The van der Waals surface area contributed by atoms with Crippen molar-refractivity contribution < 1.29 is 19.1 Å². The molecule has 0 aliphatic rings. The summed E-state index contributed by atoms with van der Waals surface area (Å²) in [7, 11) is 0. The summed E-state index contributed by atoms with van der Waals surface area (Å²) in [5.41, 5.74) is -0.650. The molecule has 1 amide bonds. The first-order chi connectivity index (χ1) is 15.2. The fourth-order valence-corrected chi connectivity index (χ4v) is 3.03. The Bertz CT molecular complexity index is 1330. The first-order valence-electron chi connectivity index (χ1n) is 8.61. The van der Waals surface area contributed by atoms with Crippen molar-refractivity contribution in [1.29, 1.82) is 5.26 Å². The highest BCUT2D eigenvalue weighted by Crippen LogP contribution is 2.34. The number of amides is 1. The average Bonchev–Trinajstić information content (AvgIpc) is 3.21. The van der Waals surface area contributed by atoms with E-state index in [0.29, 0.717) is 0 Å². The van der Waals surface area contributed by atoms with Crippen LogP contribution in [0, 0.1) is 31.6 Å². The van der Waals surface area contributed by atoms with E-state index in [9.17, 15) is 30.3 Å². The minimum atomic E-state index is -0.835. The number of non-ortho nitro benzene ring substituents is 1. The number of rotatable bonds is 6. The Morgan fingerprint density at radius 1 is 1.06 bits per heavy atom. The number of hydrogen-bond donors (Lipinski definition) is 1. The van der Waals surface area contributed by atoms with Crippen LogP contribution in [-0.4, -0.2) is 15.8 Å². The lowest BCUT2D eigenvalue weighted by Crippen LogP contribution is -2.13. The van der Waals surface area contributed by atoms with Crippen LogP contribution in [0.25, 0.3) is 17.4 Å². The summed E-state index contributed by atoms with van der Waals surface area (Å²) in [5.74, 6) is -0.611. The second-order valence-electron chi connectivity index (χ2n) is 6.17. The van der Waals surface area contributed by atoms with Gasteiger partial charge in [-0.05, 0) is 30.3 Å². The summed E-state index contributed by atoms with van der Waals surface area (Å²) in [6.07, 6.45) is 1.14. The molecule has 12 heteroatoms. The number of anilines is 1. The molecule has 1 heterocycles. The summed E-state index contributed by atoms with van der Waals surface area (Å²) < 4.78 is 5.54. The lowest BCUT2D eigenvalue weighted by molar-refractivity contribution is -0.384. The molecule has 3 aromatic rings. The van der Waals surface area contributed by atoms with Crippen molar-refractivity contribution in [2.75, 3.05) is 5.32 Å². The molecule has 0 saturated heterocycles. The number of nitrogens with zero attached hydrogens (tertiary/aromatic N) is 3. The Balaban J connectivity index is 1.86. The van der Waals surface area contributed by atoms with Crippen molar-refractivity contribution in [2.24, 2.45) is 0 Å². The van der Waals surface area contributed by atoms with Gasteiger partial charge >= 0.3 is 0 Å². The zero-order valence-corrected chi connectivity index (χ0v) is 17.3. The van der Waals surface area contributed by atoms with Gasteiger partial charge in [-0.25, -0.2) is 0 Å². The summed E-state index contributed by atoms with van der Waals surface area (Å²) in [6, 6.07) is 12.1. The maximum absolute atomic E-state index is 12.4. The normalized spacial score (nSPS) is 11.0. The van der Waals surface area contributed by atoms with Gasteiger partial charge in [0.2, 0.25) is 0 Å². The molecule has 1 N–H and O–H groups in total. The number of benzene rings is 2. The third kappa shape index (κ3) is 4.92. The molecule has 32 heavy (non-hydrogen) atoms. The van der Waals surface area contributed by atoms with Gasteiger partial charge in [-0.2, -0.15) is 5.26 Å². The van der Waals surface area contributed by atoms with Crippen LogP contribution in [0.15, 0.2) is 58.5 Å². The lowest BCUT2D eigenvalue weighted by atomic mass is 10.1. The molecule has 0 spiro atoms. The summed E-state index contributed by atoms with van der Waals surface area (Å²) in [4.78, 5) is 33.2. The van der Waals surface area contributed by atoms with Crippen LogP contribution >= 0.6 is 23.2 Å². The Kier molecular flexibility index (Phi) is 6.53. The monoisotopic (exact) mass is 472 g/mol. The fourth-order valence-electron chi connectivity index (χ4n) is 2.64. The second kappa shape index (κ2) is 9.30. The molecule has 1 aromatic heterocycles. The van der Waals surface area contributed by atoms with Gasteiger partial charge in [0.1, 0.15) is 23.2 Å². The Morgan fingerprint density at radius 3 is 2.44 bits per heavy atom. The summed E-state index contributed by atoms with van der Waals surface area (Å²) >= 11 is 11.8. The van der Waals surface area contributed by atoms with Gasteiger partial charge in [-0.1, -0.05) is 23.2 Å². The molecule has 160 valence electrons. The number of carbonyl (C=O) groups excluding carboxylic acids is 1. The van der Waals surface area contributed by atoms with Crippen molar-refractivity contribution in [3.05, 3.63) is 90.1 Å². The van der Waals surface area contributed by atoms with Crippen LogP contribution in [-0.2, 0) is 4.79 Å². The smallest absolute Gasteiger partial charge is 0.281 e. The molecule has 0 radical (unpaired) electrons. The molecule has 0 unspecified atom stereocenters. The molecule has 3 rings (SSSR count). The highest BCUT2D eigenvalue weighted by atomic mass is 35.5. The summed E-state index contributed by atoms with van der Waals surface area (Å²) in [6.45, 7) is 0. The van der Waals surface area contributed by atoms with E-state index in [2.05, 4.69) is 5.32 Å². The number of nitrogens with one attached hydrogen (secondary N) is 1. The Hall–Kier alpha value is -4.20. The van der Waals surface area contributed by atoms with Crippen molar-refractivity contribution in [3.8, 4) is 17.4 Å². The highest BCUT2D eigenvalue weighted by molar-refractivity contribution is 6.34. The van der Waals surface area contributed by atoms with E-state index < -0.39 is 15.8 Å². The molecule has 0 saturated carbocycles. The number of hydrogen-bond acceptors (Lipinski definition) is 7. The largest absolute Gasteiger partial charge is 0.456 e. The van der Waals surface area contributed by atoms with Gasteiger partial charge in [-0.15, -0.1) is 0 Å². The number of halogens is 2. The maximum Gasteiger partial charge on any atom is 0.281 e. The van der Waals surface area contributed by atoms with Crippen LogP contribution in [0.1, 0.15) is 5.76 Å². The molecule has 2 aromatic carbocycles. The van der Waals surface area contributed by atoms with Gasteiger partial charge < -0.3 is 9.73 Å². The fraction of sp³-hybridized carbons (Fsp3) is 0. The topological polar surface area (TPSA) is 152 Å². The molecular formula is C20H10Cl2N4O6. The standard InChI is InChI=1S/C20H10Cl2N4O6/c21-12-1-4-15(18(8-12)26(30)31)19-6-3-14(32-19)7-11(10-23)20(27)24-17-5-2-13(25(28)29)9-16(17)22/h1-9H,(H,24,27). The second-order valence-corrected chi connectivity index (χ2v) is 7.01. The molecule has 0 bridgehead atoms. The van der Waals surface area contributed by atoms with Crippen molar-refractivity contribution in [1.82, 2.24) is 0 Å². The van der Waals surface area contributed by atoms with Crippen molar-refractivity contribution in [3.63, 3.8) is 0 Å². The first-order valence-corrected chi connectivity index (χ1v) is 9.36. The van der Waals surface area contributed by atoms with Crippen LogP contribution < -0.4 is 5.32 Å². The minimum Gasteiger partial charge on any atom is -0.456 e. The summed E-state index contributed by atoms with van der Waals surface area (Å²) in [5, 5.41) is 33.9. The number of carbonyl (C=O) groups is 1. The molecule has 10 nitrogen and oxygen atoms in total. The van der Waals surface area contributed by atoms with Crippen LogP contribution in [0.5, 0.6) is 0 Å². The van der Waals surface area contributed by atoms with Crippen molar-refractivity contribution >= 4 is 52.2 Å². The van der Waals surface area contributed by atoms with E-state index in [0.717, 1.165) is 18.2 Å². The Morgan fingerprint density at radius 2 is 1.81 bits per heavy atom. The van der Waals surface area contributed by atoms with Gasteiger partial charge in [0.05, 0.1) is 26.1 Å². The van der Waals surface area contributed by atoms with E-state index in [1.54, 1.807) is 6.07 Å². The number of furan rings is 1. The maximum atomic E-state index is 12.4. The molecule has 0 aliphatic heterocycles. The van der Waals surface area contributed by atoms with E-state index in [-0.39, 0.29) is 49.8 Å². The Labute approximate surface area is 189 Å². The third-order valence-corrected chi connectivity index (χ3v) is 4.66. The SMILES string of the molecule is N#CC(=Cc1ccc(-c2ccc(Cl)cc2[N+](=O)[O-])o1)C(=O)Nc1ccc([N+](=O)[O-])cc1Cl. The van der Waals surface area contributed by atoms with E-state index in [4.69, 9.17) is 27.6 Å². The molecular weight excluding hydrogens is 463 g/mol. The van der Waals surface area contributed by atoms with Crippen LogP contribution in [0.4, 0.5) is 17.1 Å². The first kappa shape index (κ1) is 22.5. The predicted molar refractivity (Wildman–Crippen MR) is 116 cm³/mol. The quantitative estimate of drug-likeness (QED) is 0.211. The van der Waals surface area contributed by atoms with E-state index in [1.165, 1.54) is 36.4 Å². The predicted octanol–water partition coefficient (Wildman–Crippen LogP) is 5.62. The van der Waals surface area contributed by atoms with Gasteiger partial charge in [-0.3, -0.25) is 25.0 Å². The molecule has 0 atom stereocenters. The zero-order chi connectivity index (χ0) is 23.4. The minimum absolute atomic E-state index is 0.0698. The lowest BCUT2D eigenvalue weighted by Gasteiger charge is -2.06. The van der Waals surface area contributed by atoms with Gasteiger partial charge in [0.25, 0.3) is 17.3 Å². The number of nitro benzene ring substituents is 2. The number of nitriles is 1. The molecule has 0 fully saturated rings. The highest BCUT2D eigenvalue weighted by Gasteiger charge is 2.19. The third-order valence-electron chi connectivity index (χ3n) is 4.11. The van der Waals surface area contributed by atoms with E-state index >= 15 is 0 Å². The van der Waals surface area contributed by atoms with Gasteiger partial charge in [0, 0.05) is 29.3 Å². The van der Waals surface area contributed by atoms with E-state index in [1.807, 2.05) is 0 Å². The number of nitro groups is 2. The average molecular weight is 473 g/mol. The zero-order valence-electron chi connectivity index (χ0n) is 15.7. The van der Waals surface area contributed by atoms with Crippen LogP contribution in [0.3, 0.4) is 0 Å².